The summed E-state index contributed by atoms with van der Waals surface area (Å²) in [6.07, 6.45) is 11.1. The number of unbranched alkanes of at least 4 members (excludes halogenated alkanes) is 1. The lowest BCUT2D eigenvalue weighted by Gasteiger charge is -2.37. The highest BCUT2D eigenvalue weighted by Gasteiger charge is 2.33. The maximum Gasteiger partial charge on any atom is 0.256 e. The summed E-state index contributed by atoms with van der Waals surface area (Å²) in [4.78, 5) is 0. The van der Waals surface area contributed by atoms with E-state index >= 15 is 0 Å². The van der Waals surface area contributed by atoms with Gasteiger partial charge in [0.05, 0.1) is 0 Å². The maximum absolute atomic E-state index is 5.84. The summed E-state index contributed by atoms with van der Waals surface area (Å²) in [5.74, 6) is 1.32. The van der Waals surface area contributed by atoms with Gasteiger partial charge in [0.2, 0.25) is 0 Å². The predicted octanol–water partition coefficient (Wildman–Crippen LogP) is 3.03. The summed E-state index contributed by atoms with van der Waals surface area (Å²) < 4.78 is 5.84. The Morgan fingerprint density at radius 3 is 2.88 bits per heavy atom. The van der Waals surface area contributed by atoms with E-state index in [4.69, 9.17) is 17.0 Å². The van der Waals surface area contributed by atoms with E-state index in [9.17, 15) is 0 Å². The van der Waals surface area contributed by atoms with Crippen LogP contribution >= 0.6 is 12.2 Å². The molecular weight excluding hydrogens is 218 g/mol. The Kier molecular flexibility index (Phi) is 4.22. The number of rotatable bonds is 4. The molecule has 0 radical (unpaired) electrons. The molecule has 0 saturated heterocycles. The number of hydrogen-bond donors (Lipinski definition) is 1. The van der Waals surface area contributed by atoms with E-state index < -0.39 is 0 Å². The SMILES string of the molecule is CCCCNC(=S)OC1CC2C=CC1CC2. The molecule has 1 N–H and O–H groups in total. The topological polar surface area (TPSA) is 21.3 Å². The van der Waals surface area contributed by atoms with Crippen LogP contribution in [0.4, 0.5) is 0 Å². The summed E-state index contributed by atoms with van der Waals surface area (Å²) in [6, 6.07) is 0. The van der Waals surface area contributed by atoms with E-state index in [-0.39, 0.29) is 0 Å². The van der Waals surface area contributed by atoms with Crippen molar-refractivity contribution in [3.8, 4) is 0 Å². The van der Waals surface area contributed by atoms with Gasteiger partial charge in [0.25, 0.3) is 5.17 Å². The quantitative estimate of drug-likeness (QED) is 0.463. The van der Waals surface area contributed by atoms with Crippen LogP contribution in [0.1, 0.15) is 39.0 Å². The van der Waals surface area contributed by atoms with Crippen LogP contribution in [0.15, 0.2) is 12.2 Å². The fourth-order valence-corrected chi connectivity index (χ4v) is 2.79. The number of hydrogen-bond acceptors (Lipinski definition) is 2. The predicted molar refractivity (Wildman–Crippen MR) is 70.4 cm³/mol. The molecule has 3 heteroatoms. The van der Waals surface area contributed by atoms with Crippen molar-refractivity contribution in [2.75, 3.05) is 6.54 Å². The molecule has 90 valence electrons. The molecule has 0 heterocycles. The van der Waals surface area contributed by atoms with Gasteiger partial charge in [-0.05, 0) is 43.8 Å². The van der Waals surface area contributed by atoms with Crippen molar-refractivity contribution < 1.29 is 4.74 Å². The van der Waals surface area contributed by atoms with E-state index in [2.05, 4.69) is 24.4 Å². The van der Waals surface area contributed by atoms with Crippen molar-refractivity contribution in [1.29, 1.82) is 0 Å². The van der Waals surface area contributed by atoms with E-state index in [0.29, 0.717) is 17.2 Å². The molecule has 3 aliphatic carbocycles. The van der Waals surface area contributed by atoms with Crippen molar-refractivity contribution >= 4 is 17.4 Å². The Hall–Kier alpha value is -0.570. The van der Waals surface area contributed by atoms with Crippen molar-refractivity contribution in [2.24, 2.45) is 11.8 Å². The smallest absolute Gasteiger partial charge is 0.256 e. The summed E-state index contributed by atoms with van der Waals surface area (Å²) in [6.45, 7) is 3.11. The zero-order chi connectivity index (χ0) is 11.4. The molecule has 0 aromatic carbocycles. The Balaban J connectivity index is 1.73. The highest BCUT2D eigenvalue weighted by atomic mass is 32.1. The minimum absolute atomic E-state index is 0.324. The summed E-state index contributed by atoms with van der Waals surface area (Å²) >= 11 is 5.21. The monoisotopic (exact) mass is 239 g/mol. The van der Waals surface area contributed by atoms with E-state index in [1.165, 1.54) is 19.3 Å². The van der Waals surface area contributed by atoms with Gasteiger partial charge in [-0.3, -0.25) is 0 Å². The molecule has 3 atom stereocenters. The fraction of sp³-hybridized carbons (Fsp3) is 0.769. The van der Waals surface area contributed by atoms with Crippen LogP contribution in [-0.2, 0) is 4.74 Å². The summed E-state index contributed by atoms with van der Waals surface area (Å²) in [5.41, 5.74) is 0. The number of fused-ring (bicyclic) bond motifs is 2. The molecule has 0 aromatic rings. The van der Waals surface area contributed by atoms with Crippen LogP contribution in [0, 0.1) is 11.8 Å². The third-order valence-electron chi connectivity index (χ3n) is 3.57. The fourth-order valence-electron chi connectivity index (χ4n) is 2.56. The maximum atomic E-state index is 5.84. The third kappa shape index (κ3) is 2.97. The van der Waals surface area contributed by atoms with Crippen LogP contribution < -0.4 is 5.32 Å². The molecule has 16 heavy (non-hydrogen) atoms. The Morgan fingerprint density at radius 1 is 1.44 bits per heavy atom. The minimum atomic E-state index is 0.324. The number of allylic oxidation sites excluding steroid dienone is 1. The lowest BCUT2D eigenvalue weighted by Crippen LogP contribution is -2.38. The van der Waals surface area contributed by atoms with Crippen molar-refractivity contribution in [2.45, 2.75) is 45.1 Å². The highest BCUT2D eigenvalue weighted by molar-refractivity contribution is 7.80. The van der Waals surface area contributed by atoms with Crippen molar-refractivity contribution in [3.05, 3.63) is 12.2 Å². The average Bonchev–Trinajstić information content (AvgIpc) is 2.31. The molecule has 2 nitrogen and oxygen atoms in total. The van der Waals surface area contributed by atoms with E-state index in [1.807, 2.05) is 0 Å². The van der Waals surface area contributed by atoms with Crippen LogP contribution in [0.25, 0.3) is 0 Å². The van der Waals surface area contributed by atoms with Crippen LogP contribution in [-0.4, -0.2) is 17.8 Å². The first-order chi connectivity index (χ1) is 7.79. The second kappa shape index (κ2) is 5.67. The van der Waals surface area contributed by atoms with Gasteiger partial charge < -0.3 is 10.1 Å². The molecule has 3 unspecified atom stereocenters. The number of thiocarbonyl (C=S) groups is 1. The molecule has 0 aromatic heterocycles. The number of nitrogens with one attached hydrogen (secondary N) is 1. The second-order valence-electron chi connectivity index (χ2n) is 4.85. The van der Waals surface area contributed by atoms with E-state index in [0.717, 1.165) is 25.3 Å². The van der Waals surface area contributed by atoms with Gasteiger partial charge in [0.1, 0.15) is 6.10 Å². The molecule has 0 amide bonds. The van der Waals surface area contributed by atoms with Crippen molar-refractivity contribution in [3.63, 3.8) is 0 Å². The first-order valence-corrected chi connectivity index (χ1v) is 6.83. The molecule has 0 spiro atoms. The van der Waals surface area contributed by atoms with Gasteiger partial charge in [0.15, 0.2) is 0 Å². The third-order valence-corrected chi connectivity index (χ3v) is 3.81. The molecule has 1 fully saturated rings. The zero-order valence-corrected chi connectivity index (χ0v) is 10.8. The van der Waals surface area contributed by atoms with Crippen molar-refractivity contribution in [1.82, 2.24) is 5.32 Å². The zero-order valence-electron chi connectivity index (χ0n) is 9.95. The Morgan fingerprint density at radius 2 is 2.31 bits per heavy atom. The highest BCUT2D eigenvalue weighted by Crippen LogP contribution is 2.37. The molecular formula is C13H21NOS. The van der Waals surface area contributed by atoms with Gasteiger partial charge in [0, 0.05) is 12.5 Å². The van der Waals surface area contributed by atoms with Gasteiger partial charge in [-0.25, -0.2) is 0 Å². The van der Waals surface area contributed by atoms with Crippen LogP contribution in [0.2, 0.25) is 0 Å². The summed E-state index contributed by atoms with van der Waals surface area (Å²) in [5, 5.41) is 3.77. The largest absolute Gasteiger partial charge is 0.467 e. The Bertz CT molecular complexity index is 277. The molecule has 3 aliphatic rings. The van der Waals surface area contributed by atoms with Gasteiger partial charge in [-0.15, -0.1) is 0 Å². The second-order valence-corrected chi connectivity index (χ2v) is 5.22. The standard InChI is InChI=1S/C13H21NOS/c1-2-3-8-14-13(16)15-12-9-10-4-6-11(12)7-5-10/h4,6,10-12H,2-3,5,7-9H2,1H3,(H,14,16). The summed E-state index contributed by atoms with van der Waals surface area (Å²) in [7, 11) is 0. The lowest BCUT2D eigenvalue weighted by molar-refractivity contribution is 0.0769. The molecule has 2 bridgehead atoms. The number of ether oxygens (including phenoxy) is 1. The normalized spacial score (nSPS) is 31.4. The van der Waals surface area contributed by atoms with Crippen LogP contribution in [0.5, 0.6) is 0 Å². The van der Waals surface area contributed by atoms with Crippen LogP contribution in [0.3, 0.4) is 0 Å². The Labute approximate surface area is 103 Å². The minimum Gasteiger partial charge on any atom is -0.467 e. The average molecular weight is 239 g/mol. The lowest BCUT2D eigenvalue weighted by atomic mass is 9.74. The van der Waals surface area contributed by atoms with Gasteiger partial charge in [-0.1, -0.05) is 25.5 Å². The molecule has 3 rings (SSSR count). The van der Waals surface area contributed by atoms with Gasteiger partial charge in [-0.2, -0.15) is 0 Å². The van der Waals surface area contributed by atoms with Gasteiger partial charge >= 0.3 is 0 Å². The first kappa shape index (κ1) is 11.9. The molecule has 0 aliphatic heterocycles. The van der Waals surface area contributed by atoms with E-state index in [1.54, 1.807) is 0 Å². The molecule has 1 saturated carbocycles. The first-order valence-electron chi connectivity index (χ1n) is 6.42.